The number of hydrogen-bond acceptors (Lipinski definition) is 4. The highest BCUT2D eigenvalue weighted by Gasteiger charge is 2.28. The lowest BCUT2D eigenvalue weighted by Gasteiger charge is -2.06. The van der Waals surface area contributed by atoms with Crippen LogP contribution in [0.15, 0.2) is 44.8 Å². The van der Waals surface area contributed by atoms with Crippen LogP contribution in [0.2, 0.25) is 0 Å². The zero-order valence-electron chi connectivity index (χ0n) is 9.77. The van der Waals surface area contributed by atoms with Gasteiger partial charge in [0.05, 0.1) is 4.21 Å². The van der Waals surface area contributed by atoms with Gasteiger partial charge in [0.25, 0.3) is 0 Å². The summed E-state index contributed by atoms with van der Waals surface area (Å²) < 4.78 is 1.25. The van der Waals surface area contributed by atoms with Crippen LogP contribution in [-0.4, -0.2) is 13.0 Å². The van der Waals surface area contributed by atoms with E-state index in [0.717, 1.165) is 16.1 Å². The summed E-state index contributed by atoms with van der Waals surface area (Å²) in [5.41, 5.74) is 1.94. The normalized spacial score (nSPS) is 17.6. The fourth-order valence-corrected chi connectivity index (χ4v) is 3.82. The Morgan fingerprint density at radius 3 is 3.00 bits per heavy atom. The van der Waals surface area contributed by atoms with Crippen LogP contribution in [0.1, 0.15) is 11.6 Å². The summed E-state index contributed by atoms with van der Waals surface area (Å²) in [6.45, 7) is 0. The average molecular weight is 276 g/mol. The Labute approximate surface area is 114 Å². The third kappa shape index (κ3) is 2.05. The molecule has 1 aromatic carbocycles. The van der Waals surface area contributed by atoms with E-state index in [1.165, 1.54) is 4.21 Å². The van der Waals surface area contributed by atoms with E-state index in [-0.39, 0.29) is 11.9 Å². The number of carbonyl (C=O) groups excluding carboxylic acids is 1. The molecule has 1 aliphatic rings. The average Bonchev–Trinajstić information content (AvgIpc) is 2.95. The molecule has 2 N–H and O–H groups in total. The van der Waals surface area contributed by atoms with Crippen molar-refractivity contribution in [1.29, 1.82) is 0 Å². The maximum Gasteiger partial charge on any atom is 0.246 e. The molecule has 0 aliphatic carbocycles. The number of hydrogen-bond donors (Lipinski definition) is 2. The zero-order valence-corrected chi connectivity index (χ0v) is 11.4. The lowest BCUT2D eigenvalue weighted by atomic mass is 10.1. The fraction of sp³-hybridized carbons (Fsp3) is 0.154. The molecule has 1 amide bonds. The molecule has 3 rings (SSSR count). The number of rotatable bonds is 3. The fourth-order valence-electron chi connectivity index (χ4n) is 2.03. The van der Waals surface area contributed by atoms with Crippen molar-refractivity contribution in [2.75, 3.05) is 12.4 Å². The Bertz CT molecular complexity index is 581. The van der Waals surface area contributed by atoms with Gasteiger partial charge in [-0.1, -0.05) is 23.9 Å². The van der Waals surface area contributed by atoms with E-state index >= 15 is 0 Å². The molecule has 2 aromatic rings. The number of benzene rings is 1. The first-order valence-electron chi connectivity index (χ1n) is 5.61. The SMILES string of the molecule is CNC1C(=O)Nc2cc(Sc3cccs3)ccc21. The van der Waals surface area contributed by atoms with Gasteiger partial charge in [0.1, 0.15) is 6.04 Å². The van der Waals surface area contributed by atoms with Crippen LogP contribution in [0, 0.1) is 0 Å². The Balaban J connectivity index is 1.89. The second kappa shape index (κ2) is 4.76. The van der Waals surface area contributed by atoms with E-state index in [4.69, 9.17) is 0 Å². The summed E-state index contributed by atoms with van der Waals surface area (Å²) in [7, 11) is 1.80. The van der Waals surface area contributed by atoms with Crippen LogP contribution in [0.25, 0.3) is 0 Å². The molecule has 1 aromatic heterocycles. The van der Waals surface area contributed by atoms with Crippen LogP contribution in [0.4, 0.5) is 5.69 Å². The first-order chi connectivity index (χ1) is 8.78. The van der Waals surface area contributed by atoms with Crippen molar-refractivity contribution in [3.63, 3.8) is 0 Å². The highest BCUT2D eigenvalue weighted by Crippen LogP contribution is 2.37. The minimum atomic E-state index is -0.221. The molecule has 0 saturated heterocycles. The minimum Gasteiger partial charge on any atom is -0.324 e. The summed E-state index contributed by atoms with van der Waals surface area (Å²) in [5, 5.41) is 7.99. The molecule has 18 heavy (non-hydrogen) atoms. The van der Waals surface area contributed by atoms with E-state index in [2.05, 4.69) is 28.1 Å². The van der Waals surface area contributed by atoms with Gasteiger partial charge in [0, 0.05) is 16.1 Å². The Kier molecular flexibility index (Phi) is 3.11. The lowest BCUT2D eigenvalue weighted by molar-refractivity contribution is -0.117. The smallest absolute Gasteiger partial charge is 0.246 e. The molecule has 92 valence electrons. The zero-order chi connectivity index (χ0) is 12.5. The first-order valence-corrected chi connectivity index (χ1v) is 7.31. The van der Waals surface area contributed by atoms with E-state index in [1.807, 2.05) is 18.2 Å². The van der Waals surface area contributed by atoms with Crippen molar-refractivity contribution in [2.45, 2.75) is 15.1 Å². The molecular formula is C13H12N2OS2. The predicted octanol–water partition coefficient (Wildman–Crippen LogP) is 3.11. The van der Waals surface area contributed by atoms with Crippen LogP contribution < -0.4 is 10.6 Å². The molecule has 1 unspecified atom stereocenters. The number of carbonyl (C=O) groups is 1. The van der Waals surface area contributed by atoms with Crippen LogP contribution >= 0.6 is 23.1 Å². The van der Waals surface area contributed by atoms with Crippen molar-refractivity contribution in [1.82, 2.24) is 5.32 Å². The third-order valence-corrected chi connectivity index (χ3v) is 4.89. The molecular weight excluding hydrogens is 264 g/mol. The van der Waals surface area contributed by atoms with Gasteiger partial charge in [-0.05, 0) is 30.6 Å². The van der Waals surface area contributed by atoms with Gasteiger partial charge >= 0.3 is 0 Å². The van der Waals surface area contributed by atoms with E-state index in [0.29, 0.717) is 0 Å². The predicted molar refractivity (Wildman–Crippen MR) is 75.3 cm³/mol. The van der Waals surface area contributed by atoms with Crippen molar-refractivity contribution in [3.8, 4) is 0 Å². The van der Waals surface area contributed by atoms with Crippen molar-refractivity contribution in [3.05, 3.63) is 41.3 Å². The number of fused-ring (bicyclic) bond motifs is 1. The molecule has 0 saturated carbocycles. The quantitative estimate of drug-likeness (QED) is 0.905. The first kappa shape index (κ1) is 11.8. The van der Waals surface area contributed by atoms with Gasteiger partial charge in [0.2, 0.25) is 5.91 Å². The van der Waals surface area contributed by atoms with E-state index in [9.17, 15) is 4.79 Å². The number of thiophene rings is 1. The topological polar surface area (TPSA) is 41.1 Å². The van der Waals surface area contributed by atoms with Crippen LogP contribution in [-0.2, 0) is 4.79 Å². The molecule has 5 heteroatoms. The maximum atomic E-state index is 11.7. The molecule has 0 spiro atoms. The van der Waals surface area contributed by atoms with Crippen LogP contribution in [0.3, 0.4) is 0 Å². The van der Waals surface area contributed by atoms with E-state index < -0.39 is 0 Å². The Hall–Kier alpha value is -1.30. The summed E-state index contributed by atoms with van der Waals surface area (Å²) in [6.07, 6.45) is 0. The summed E-state index contributed by atoms with van der Waals surface area (Å²) in [4.78, 5) is 12.9. The minimum absolute atomic E-state index is 0.0192. The number of anilines is 1. The van der Waals surface area contributed by atoms with Crippen molar-refractivity contribution in [2.24, 2.45) is 0 Å². The monoisotopic (exact) mass is 276 g/mol. The van der Waals surface area contributed by atoms with Gasteiger partial charge in [-0.15, -0.1) is 11.3 Å². The maximum absolute atomic E-state index is 11.7. The number of amides is 1. The van der Waals surface area contributed by atoms with E-state index in [1.54, 1.807) is 30.1 Å². The lowest BCUT2D eigenvalue weighted by Crippen LogP contribution is -2.23. The highest BCUT2D eigenvalue weighted by atomic mass is 32.2. The summed E-state index contributed by atoms with van der Waals surface area (Å²) in [5.74, 6) is 0.0192. The van der Waals surface area contributed by atoms with Crippen LogP contribution in [0.5, 0.6) is 0 Å². The molecule has 0 radical (unpaired) electrons. The molecule has 3 nitrogen and oxygen atoms in total. The second-order valence-corrected chi connectivity index (χ2v) is 6.32. The number of nitrogens with one attached hydrogen (secondary N) is 2. The standard InChI is InChI=1S/C13H12N2OS2/c1-14-12-9-5-4-8(7-10(9)15-13(12)16)18-11-3-2-6-17-11/h2-7,12,14H,1H3,(H,15,16). The van der Waals surface area contributed by atoms with Gasteiger partial charge < -0.3 is 10.6 Å². The van der Waals surface area contributed by atoms with Gasteiger partial charge in [0.15, 0.2) is 0 Å². The summed E-state index contributed by atoms with van der Waals surface area (Å²) >= 11 is 3.44. The van der Waals surface area contributed by atoms with Crippen molar-refractivity contribution >= 4 is 34.7 Å². The molecule has 1 aliphatic heterocycles. The molecule has 2 heterocycles. The Morgan fingerprint density at radius 1 is 1.39 bits per heavy atom. The summed E-state index contributed by atoms with van der Waals surface area (Å²) in [6, 6.07) is 10.0. The van der Waals surface area contributed by atoms with Gasteiger partial charge in [-0.2, -0.15) is 0 Å². The Morgan fingerprint density at radius 2 is 2.28 bits per heavy atom. The highest BCUT2D eigenvalue weighted by molar-refractivity contribution is 8.01. The second-order valence-electron chi connectivity index (χ2n) is 3.99. The molecule has 1 atom stereocenters. The largest absolute Gasteiger partial charge is 0.324 e. The van der Waals surface area contributed by atoms with Gasteiger partial charge in [-0.25, -0.2) is 0 Å². The molecule has 0 fully saturated rings. The van der Waals surface area contributed by atoms with Crippen molar-refractivity contribution < 1.29 is 4.79 Å². The molecule has 0 bridgehead atoms. The number of likely N-dealkylation sites (N-methyl/N-ethyl adjacent to an activating group) is 1. The third-order valence-electron chi connectivity index (χ3n) is 2.86. The van der Waals surface area contributed by atoms with Gasteiger partial charge in [-0.3, -0.25) is 4.79 Å².